The molecule has 0 bridgehead atoms. The summed E-state index contributed by atoms with van der Waals surface area (Å²) >= 11 is 6.30. The second kappa shape index (κ2) is 12.7. The second-order valence-corrected chi connectivity index (χ2v) is 11.2. The predicted molar refractivity (Wildman–Crippen MR) is 173 cm³/mol. The number of fused-ring (bicyclic) bond motifs is 1. The van der Waals surface area contributed by atoms with Crippen molar-refractivity contribution in [1.29, 1.82) is 0 Å². The highest BCUT2D eigenvalue weighted by molar-refractivity contribution is 6.31. The van der Waals surface area contributed by atoms with Crippen LogP contribution in [0.5, 0.6) is 11.5 Å². The van der Waals surface area contributed by atoms with Crippen molar-refractivity contribution in [1.82, 2.24) is 9.66 Å². The van der Waals surface area contributed by atoms with E-state index in [9.17, 15) is 14.9 Å². The van der Waals surface area contributed by atoms with E-state index in [1.165, 1.54) is 23.0 Å². The minimum atomic E-state index is -0.558. The minimum absolute atomic E-state index is 0.0187. The van der Waals surface area contributed by atoms with Gasteiger partial charge in [-0.2, -0.15) is 9.78 Å². The highest BCUT2D eigenvalue weighted by Crippen LogP contribution is 2.36. The Morgan fingerprint density at radius 3 is 2.48 bits per heavy atom. The average Bonchev–Trinajstić information content (AvgIpc) is 3.00. The molecule has 0 saturated carbocycles. The smallest absolute Gasteiger partial charge is 0.313 e. The van der Waals surface area contributed by atoms with Crippen molar-refractivity contribution < 1.29 is 14.4 Å². The predicted octanol–water partition coefficient (Wildman–Crippen LogP) is 7.84. The van der Waals surface area contributed by atoms with Crippen LogP contribution in [-0.2, 0) is 6.61 Å². The Labute approximate surface area is 259 Å². The fraction of sp³-hybridized carbons (Fsp3) is 0.206. The Morgan fingerprint density at radius 2 is 1.80 bits per heavy atom. The number of rotatable bonds is 9. The molecule has 5 aromatic rings. The Morgan fingerprint density at radius 1 is 1.07 bits per heavy atom. The highest BCUT2D eigenvalue weighted by atomic mass is 35.5. The Balaban J connectivity index is 1.69. The first-order valence-corrected chi connectivity index (χ1v) is 14.4. The maximum absolute atomic E-state index is 13.9. The largest absolute Gasteiger partial charge is 0.496 e. The van der Waals surface area contributed by atoms with Gasteiger partial charge in [-0.1, -0.05) is 67.4 Å². The standard InChI is InChI=1S/C34H31ClN4O5/c1-20(2)27-17-28(22(4)14-31(27)43-5)33-37-29-9-7-6-8-26(29)34(40)38(33)36-18-24-15-25(35)16-30(39(41)42)32(24)44-19-23-12-10-21(3)11-13-23/h6-18,20H,19H2,1-5H3. The molecule has 0 fully saturated rings. The first-order valence-electron chi connectivity index (χ1n) is 14.0. The van der Waals surface area contributed by atoms with E-state index in [4.69, 9.17) is 26.1 Å². The van der Waals surface area contributed by atoms with E-state index in [0.717, 1.165) is 28.0 Å². The number of nitrogens with zero attached hydrogens (tertiary/aromatic N) is 4. The van der Waals surface area contributed by atoms with Crippen LogP contribution >= 0.6 is 11.6 Å². The number of nitro benzene ring substituents is 1. The van der Waals surface area contributed by atoms with Crippen LogP contribution in [0.2, 0.25) is 5.02 Å². The van der Waals surface area contributed by atoms with Crippen LogP contribution in [-0.4, -0.2) is 27.9 Å². The average molecular weight is 611 g/mol. The van der Waals surface area contributed by atoms with Crippen LogP contribution < -0.4 is 15.0 Å². The third kappa shape index (κ3) is 6.18. The molecule has 44 heavy (non-hydrogen) atoms. The lowest BCUT2D eigenvalue weighted by Gasteiger charge is -2.17. The maximum Gasteiger partial charge on any atom is 0.313 e. The van der Waals surface area contributed by atoms with Crippen LogP contribution in [0.1, 0.15) is 47.6 Å². The zero-order valence-corrected chi connectivity index (χ0v) is 25.8. The number of aromatic nitrogens is 2. The molecule has 4 aromatic carbocycles. The van der Waals surface area contributed by atoms with Crippen LogP contribution in [0.15, 0.2) is 82.7 Å². The van der Waals surface area contributed by atoms with E-state index in [-0.39, 0.29) is 34.5 Å². The summed E-state index contributed by atoms with van der Waals surface area (Å²) in [5.74, 6) is 1.16. The number of ether oxygens (including phenoxy) is 2. The summed E-state index contributed by atoms with van der Waals surface area (Å²) < 4.78 is 12.8. The van der Waals surface area contributed by atoms with Gasteiger partial charge in [0.05, 0.1) is 29.2 Å². The van der Waals surface area contributed by atoms with Crippen LogP contribution in [0, 0.1) is 24.0 Å². The molecule has 0 saturated heterocycles. The SMILES string of the molecule is COc1cc(C)c(-c2nc3ccccc3c(=O)n2N=Cc2cc(Cl)cc([N+](=O)[O-])c2OCc2ccc(C)cc2)cc1C(C)C. The van der Waals surface area contributed by atoms with E-state index >= 15 is 0 Å². The first kappa shape index (κ1) is 30.4. The molecular formula is C34H31ClN4O5. The molecule has 0 aliphatic heterocycles. The molecule has 224 valence electrons. The minimum Gasteiger partial charge on any atom is -0.496 e. The summed E-state index contributed by atoms with van der Waals surface area (Å²) in [7, 11) is 1.62. The van der Waals surface area contributed by atoms with Gasteiger partial charge in [-0.05, 0) is 66.8 Å². The van der Waals surface area contributed by atoms with Crippen molar-refractivity contribution in [2.45, 2.75) is 40.2 Å². The zero-order valence-electron chi connectivity index (χ0n) is 25.0. The lowest BCUT2D eigenvalue weighted by Crippen LogP contribution is -2.21. The van der Waals surface area contributed by atoms with Crippen molar-refractivity contribution in [3.8, 4) is 22.9 Å². The number of aryl methyl sites for hydroxylation is 2. The molecule has 0 radical (unpaired) electrons. The van der Waals surface area contributed by atoms with Crippen LogP contribution in [0.4, 0.5) is 5.69 Å². The molecule has 1 heterocycles. The van der Waals surface area contributed by atoms with Gasteiger partial charge in [-0.3, -0.25) is 14.9 Å². The summed E-state index contributed by atoms with van der Waals surface area (Å²) in [6.07, 6.45) is 1.34. The van der Waals surface area contributed by atoms with Gasteiger partial charge in [-0.25, -0.2) is 4.98 Å². The fourth-order valence-electron chi connectivity index (χ4n) is 4.92. The second-order valence-electron chi connectivity index (χ2n) is 10.8. The molecule has 5 rings (SSSR count). The Hall–Kier alpha value is -5.02. The topological polar surface area (TPSA) is 109 Å². The molecular weight excluding hydrogens is 580 g/mol. The van der Waals surface area contributed by atoms with E-state index in [1.807, 2.05) is 56.3 Å². The molecule has 10 heteroatoms. The van der Waals surface area contributed by atoms with Crippen molar-refractivity contribution in [2.75, 3.05) is 7.11 Å². The van der Waals surface area contributed by atoms with E-state index < -0.39 is 10.5 Å². The lowest BCUT2D eigenvalue weighted by atomic mass is 9.96. The summed E-state index contributed by atoms with van der Waals surface area (Å²) in [6, 6.07) is 21.3. The van der Waals surface area contributed by atoms with Gasteiger partial charge >= 0.3 is 5.69 Å². The number of benzene rings is 4. The molecule has 0 atom stereocenters. The number of methoxy groups -OCH3 is 1. The van der Waals surface area contributed by atoms with Crippen LogP contribution in [0.25, 0.3) is 22.3 Å². The third-order valence-electron chi connectivity index (χ3n) is 7.27. The molecule has 0 N–H and O–H groups in total. The number of hydrogen-bond acceptors (Lipinski definition) is 7. The zero-order chi connectivity index (χ0) is 31.5. The third-order valence-corrected chi connectivity index (χ3v) is 7.49. The quantitative estimate of drug-likeness (QED) is 0.0955. The van der Waals surface area contributed by atoms with Gasteiger partial charge < -0.3 is 9.47 Å². The van der Waals surface area contributed by atoms with Gasteiger partial charge in [0, 0.05) is 22.2 Å². The maximum atomic E-state index is 13.9. The van der Waals surface area contributed by atoms with Crippen LogP contribution in [0.3, 0.4) is 0 Å². The summed E-state index contributed by atoms with van der Waals surface area (Å²) in [5, 5.41) is 17.1. The molecule has 0 spiro atoms. The van der Waals surface area contributed by atoms with Crippen molar-refractivity contribution in [2.24, 2.45) is 5.10 Å². The Kier molecular flexibility index (Phi) is 8.78. The summed E-state index contributed by atoms with van der Waals surface area (Å²) in [6.45, 7) is 8.07. The normalized spacial score (nSPS) is 11.4. The van der Waals surface area contributed by atoms with Gasteiger partial charge in [0.25, 0.3) is 5.56 Å². The van der Waals surface area contributed by atoms with Crippen molar-refractivity contribution >= 4 is 34.4 Å². The molecule has 0 aliphatic carbocycles. The van der Waals surface area contributed by atoms with E-state index in [1.54, 1.807) is 25.3 Å². The van der Waals surface area contributed by atoms with Gasteiger partial charge in [-0.15, -0.1) is 0 Å². The number of para-hydroxylation sites is 1. The number of hydrogen-bond donors (Lipinski definition) is 0. The first-order chi connectivity index (χ1) is 21.1. The summed E-state index contributed by atoms with van der Waals surface area (Å²) in [5.41, 5.74) is 4.42. The van der Waals surface area contributed by atoms with E-state index in [0.29, 0.717) is 22.3 Å². The Bertz CT molecular complexity index is 1970. The molecule has 9 nitrogen and oxygen atoms in total. The van der Waals surface area contributed by atoms with Crippen molar-refractivity contribution in [3.63, 3.8) is 0 Å². The number of halogens is 1. The molecule has 0 amide bonds. The van der Waals surface area contributed by atoms with Gasteiger partial charge in [0.15, 0.2) is 5.82 Å². The lowest BCUT2D eigenvalue weighted by molar-refractivity contribution is -0.385. The molecule has 0 unspecified atom stereocenters. The molecule has 1 aromatic heterocycles. The van der Waals surface area contributed by atoms with E-state index in [2.05, 4.69) is 18.9 Å². The highest BCUT2D eigenvalue weighted by Gasteiger charge is 2.22. The van der Waals surface area contributed by atoms with Crippen molar-refractivity contribution in [3.05, 3.63) is 126 Å². The monoisotopic (exact) mass is 610 g/mol. The number of nitro groups is 1. The fourth-order valence-corrected chi connectivity index (χ4v) is 5.14. The summed E-state index contributed by atoms with van der Waals surface area (Å²) in [4.78, 5) is 30.2. The van der Waals surface area contributed by atoms with Gasteiger partial charge in [0.2, 0.25) is 5.75 Å². The molecule has 0 aliphatic rings. The van der Waals surface area contributed by atoms with Gasteiger partial charge in [0.1, 0.15) is 12.4 Å².